The summed E-state index contributed by atoms with van der Waals surface area (Å²) in [6.45, 7) is 1.99. The highest BCUT2D eigenvalue weighted by atomic mass is 16.1. The van der Waals surface area contributed by atoms with Gasteiger partial charge in [0.2, 0.25) is 0 Å². The summed E-state index contributed by atoms with van der Waals surface area (Å²) in [6, 6.07) is 14.6. The Balaban J connectivity index is 1.97. The molecule has 2 aromatic heterocycles. The van der Waals surface area contributed by atoms with Gasteiger partial charge < -0.3 is 5.84 Å². The Labute approximate surface area is 141 Å². The van der Waals surface area contributed by atoms with Crippen LogP contribution in [0.3, 0.4) is 0 Å². The second-order valence-electron chi connectivity index (χ2n) is 5.93. The van der Waals surface area contributed by atoms with Crippen LogP contribution < -0.4 is 17.0 Å². The number of nitrogens with zero attached hydrogens (tertiary/aromatic N) is 4. The molecule has 7 heteroatoms. The van der Waals surface area contributed by atoms with Gasteiger partial charge in [0.15, 0.2) is 0 Å². The summed E-state index contributed by atoms with van der Waals surface area (Å²) in [6.07, 6.45) is 0.283. The van der Waals surface area contributed by atoms with Crippen LogP contribution in [0.15, 0.2) is 58.1 Å². The fourth-order valence-electron chi connectivity index (χ4n) is 2.76. The predicted molar refractivity (Wildman–Crippen MR) is 95.2 cm³/mol. The summed E-state index contributed by atoms with van der Waals surface area (Å²) < 4.78 is 1.97. The predicted octanol–water partition coefficient (Wildman–Crippen LogP) is 1.02. The van der Waals surface area contributed by atoms with Crippen molar-refractivity contribution >= 4 is 16.7 Å². The summed E-state index contributed by atoms with van der Waals surface area (Å²) in [5, 5.41) is 4.65. The fourth-order valence-corrected chi connectivity index (χ4v) is 2.76. The molecule has 0 unspecified atom stereocenters. The lowest BCUT2D eigenvalue weighted by molar-refractivity contribution is 0.738. The van der Waals surface area contributed by atoms with Crippen LogP contribution in [0.25, 0.3) is 16.7 Å². The molecule has 2 heterocycles. The number of hydrogen-bond donors (Lipinski definition) is 1. The Hall–Kier alpha value is -3.48. The van der Waals surface area contributed by atoms with E-state index in [2.05, 4.69) is 10.1 Å². The molecule has 4 rings (SSSR count). The molecule has 0 aliphatic carbocycles. The Morgan fingerprint density at radius 3 is 2.48 bits per heavy atom. The molecular formula is C18H15N5O2. The van der Waals surface area contributed by atoms with Gasteiger partial charge in [0, 0.05) is 6.42 Å². The van der Waals surface area contributed by atoms with Crippen molar-refractivity contribution in [3.63, 3.8) is 0 Å². The van der Waals surface area contributed by atoms with Crippen molar-refractivity contribution in [2.75, 3.05) is 5.84 Å². The molecule has 0 saturated carbocycles. The van der Waals surface area contributed by atoms with E-state index in [4.69, 9.17) is 5.84 Å². The number of aromatic nitrogens is 4. The minimum Gasteiger partial charge on any atom is -0.333 e. The van der Waals surface area contributed by atoms with Crippen LogP contribution in [0.2, 0.25) is 0 Å². The smallest absolute Gasteiger partial charge is 0.295 e. The van der Waals surface area contributed by atoms with Crippen molar-refractivity contribution in [2.45, 2.75) is 13.3 Å². The zero-order valence-corrected chi connectivity index (χ0v) is 13.5. The van der Waals surface area contributed by atoms with Gasteiger partial charge in [0.1, 0.15) is 5.69 Å². The van der Waals surface area contributed by atoms with Crippen LogP contribution in [-0.2, 0) is 6.42 Å². The molecule has 124 valence electrons. The molecule has 0 aliphatic rings. The van der Waals surface area contributed by atoms with Crippen LogP contribution >= 0.6 is 0 Å². The molecule has 0 radical (unpaired) electrons. The van der Waals surface area contributed by atoms with E-state index in [9.17, 15) is 9.59 Å². The normalized spacial score (nSPS) is 11.2. The van der Waals surface area contributed by atoms with Crippen LogP contribution in [0.4, 0.5) is 0 Å². The molecule has 0 amide bonds. The topological polar surface area (TPSA) is 95.3 Å². The molecule has 7 nitrogen and oxygen atoms in total. The van der Waals surface area contributed by atoms with Crippen molar-refractivity contribution in [3.8, 4) is 0 Å². The highest BCUT2D eigenvalue weighted by Gasteiger charge is 2.14. The molecule has 4 aromatic rings. The fraction of sp³-hybridized carbons (Fsp3) is 0.111. The number of fused-ring (bicyclic) bond motifs is 2. The average Bonchev–Trinajstić information content (AvgIpc) is 2.62. The van der Waals surface area contributed by atoms with Gasteiger partial charge in [-0.1, -0.05) is 42.0 Å². The molecular weight excluding hydrogens is 318 g/mol. The van der Waals surface area contributed by atoms with Crippen LogP contribution in [0.1, 0.15) is 16.8 Å². The first-order chi connectivity index (χ1) is 12.0. The van der Waals surface area contributed by atoms with Gasteiger partial charge in [0.05, 0.1) is 10.9 Å². The van der Waals surface area contributed by atoms with Crippen LogP contribution in [-0.4, -0.2) is 19.3 Å². The van der Waals surface area contributed by atoms with Gasteiger partial charge in [-0.15, -0.1) is 0 Å². The van der Waals surface area contributed by atoms with Crippen molar-refractivity contribution in [2.24, 2.45) is 0 Å². The van der Waals surface area contributed by atoms with E-state index in [0.29, 0.717) is 10.9 Å². The van der Waals surface area contributed by atoms with Crippen molar-refractivity contribution in [1.82, 2.24) is 19.3 Å². The van der Waals surface area contributed by atoms with Crippen molar-refractivity contribution in [3.05, 3.63) is 86.1 Å². The lowest BCUT2D eigenvalue weighted by atomic mass is 10.1. The second-order valence-corrected chi connectivity index (χ2v) is 5.93. The number of para-hydroxylation sites is 1. The first kappa shape index (κ1) is 15.1. The highest BCUT2D eigenvalue weighted by molar-refractivity contribution is 5.78. The average molecular weight is 333 g/mol. The molecule has 0 bridgehead atoms. The van der Waals surface area contributed by atoms with E-state index >= 15 is 0 Å². The summed E-state index contributed by atoms with van der Waals surface area (Å²) >= 11 is 0. The molecule has 0 aliphatic heterocycles. The molecule has 25 heavy (non-hydrogen) atoms. The molecule has 0 fully saturated rings. The number of hydrogen-bond acceptors (Lipinski definition) is 5. The first-order valence-electron chi connectivity index (χ1n) is 7.79. The summed E-state index contributed by atoms with van der Waals surface area (Å²) in [5.74, 6) is 5.91. The highest BCUT2D eigenvalue weighted by Crippen LogP contribution is 2.09. The van der Waals surface area contributed by atoms with E-state index in [-0.39, 0.29) is 23.5 Å². The monoisotopic (exact) mass is 333 g/mol. The maximum Gasteiger partial charge on any atom is 0.295 e. The Morgan fingerprint density at radius 1 is 1.00 bits per heavy atom. The van der Waals surface area contributed by atoms with Gasteiger partial charge in [-0.3, -0.25) is 9.59 Å². The standard InChI is InChI=1S/C18H15N5O2/c1-11-6-8-12(9-7-11)10-15-17(25)22(19)18-20-14-5-3-2-4-13(14)16(24)23(18)21-15/h2-9H,10,19H2,1H3. The zero-order chi connectivity index (χ0) is 17.6. The quantitative estimate of drug-likeness (QED) is 0.436. The minimum atomic E-state index is -0.470. The Morgan fingerprint density at radius 2 is 1.72 bits per heavy atom. The Bertz CT molecular complexity index is 1220. The molecule has 0 spiro atoms. The summed E-state index contributed by atoms with van der Waals surface area (Å²) in [5.41, 5.74) is 1.87. The van der Waals surface area contributed by atoms with Crippen molar-refractivity contribution < 1.29 is 0 Å². The third-order valence-electron chi connectivity index (χ3n) is 4.13. The zero-order valence-electron chi connectivity index (χ0n) is 13.5. The van der Waals surface area contributed by atoms with E-state index in [1.54, 1.807) is 24.3 Å². The minimum absolute atomic E-state index is 0.0151. The van der Waals surface area contributed by atoms with E-state index in [1.807, 2.05) is 31.2 Å². The third-order valence-corrected chi connectivity index (χ3v) is 4.13. The number of rotatable bonds is 2. The third kappa shape index (κ3) is 2.46. The molecule has 2 N–H and O–H groups in total. The Kier molecular flexibility index (Phi) is 3.35. The van der Waals surface area contributed by atoms with E-state index in [0.717, 1.165) is 20.3 Å². The second kappa shape index (κ2) is 5.55. The van der Waals surface area contributed by atoms with Crippen molar-refractivity contribution in [1.29, 1.82) is 0 Å². The number of nitrogen functional groups attached to an aromatic ring is 1. The maximum absolute atomic E-state index is 12.7. The van der Waals surface area contributed by atoms with Crippen LogP contribution in [0.5, 0.6) is 0 Å². The molecule has 0 atom stereocenters. The van der Waals surface area contributed by atoms with Crippen LogP contribution in [0, 0.1) is 6.92 Å². The number of aryl methyl sites for hydroxylation is 1. The van der Waals surface area contributed by atoms with Gasteiger partial charge >= 0.3 is 0 Å². The summed E-state index contributed by atoms with van der Waals surface area (Å²) in [7, 11) is 0. The largest absolute Gasteiger partial charge is 0.333 e. The first-order valence-corrected chi connectivity index (χ1v) is 7.79. The maximum atomic E-state index is 12.7. The lowest BCUT2D eigenvalue weighted by Crippen LogP contribution is -2.37. The number of nitrogens with two attached hydrogens (primary N) is 1. The van der Waals surface area contributed by atoms with Gasteiger partial charge in [0.25, 0.3) is 16.9 Å². The van der Waals surface area contributed by atoms with E-state index < -0.39 is 5.56 Å². The lowest BCUT2D eigenvalue weighted by Gasteiger charge is -2.09. The van der Waals surface area contributed by atoms with Gasteiger partial charge in [-0.2, -0.15) is 14.3 Å². The summed E-state index contributed by atoms with van der Waals surface area (Å²) in [4.78, 5) is 29.5. The van der Waals surface area contributed by atoms with Gasteiger partial charge in [-0.05, 0) is 24.6 Å². The molecule has 2 aromatic carbocycles. The number of benzene rings is 2. The molecule has 0 saturated heterocycles. The van der Waals surface area contributed by atoms with Gasteiger partial charge in [-0.25, -0.2) is 4.98 Å². The van der Waals surface area contributed by atoms with E-state index in [1.165, 1.54) is 0 Å². The SMILES string of the molecule is Cc1ccc(Cc2nn3c(=O)c4ccccc4nc3n(N)c2=O)cc1.